The van der Waals surface area contributed by atoms with Gasteiger partial charge in [-0.3, -0.25) is 19.2 Å². The van der Waals surface area contributed by atoms with Gasteiger partial charge >= 0.3 is 0 Å². The van der Waals surface area contributed by atoms with Crippen LogP contribution < -0.4 is 5.73 Å². The van der Waals surface area contributed by atoms with Crippen LogP contribution >= 0.6 is 0 Å². The molecule has 1 heterocycles. The summed E-state index contributed by atoms with van der Waals surface area (Å²) < 4.78 is 5.87. The van der Waals surface area contributed by atoms with Crippen LogP contribution in [-0.2, 0) is 24.7 Å². The van der Waals surface area contributed by atoms with Gasteiger partial charge in [0.15, 0.2) is 22.9 Å². The molecule has 1 aliphatic heterocycles. The molecule has 2 bridgehead atoms. The first kappa shape index (κ1) is 18.9. The highest BCUT2D eigenvalue weighted by molar-refractivity contribution is 6.32. The smallest absolute Gasteiger partial charge is 0.256 e. The molecule has 0 spiro atoms. The number of benzene rings is 1. The van der Waals surface area contributed by atoms with Gasteiger partial charge in [0.25, 0.3) is 5.91 Å². The zero-order valence-corrected chi connectivity index (χ0v) is 15.6. The number of carbonyl (C=O) groups excluding carboxylic acids is 4. The van der Waals surface area contributed by atoms with E-state index in [1.165, 1.54) is 25.1 Å². The van der Waals surface area contributed by atoms with Crippen molar-refractivity contribution < 1.29 is 44.3 Å². The maximum Gasteiger partial charge on any atom is 0.256 e. The van der Waals surface area contributed by atoms with E-state index in [0.29, 0.717) is 0 Å². The zero-order valence-electron chi connectivity index (χ0n) is 15.6. The Labute approximate surface area is 168 Å². The van der Waals surface area contributed by atoms with Crippen LogP contribution in [0.4, 0.5) is 0 Å². The van der Waals surface area contributed by atoms with Gasteiger partial charge in [0.2, 0.25) is 11.6 Å². The van der Waals surface area contributed by atoms with E-state index >= 15 is 0 Å². The molecule has 2 fully saturated rings. The van der Waals surface area contributed by atoms with Crippen LogP contribution in [0.1, 0.15) is 29.3 Å². The van der Waals surface area contributed by atoms with Gasteiger partial charge in [-0.2, -0.15) is 0 Å². The van der Waals surface area contributed by atoms with Gasteiger partial charge in [-0.15, -0.1) is 0 Å². The van der Waals surface area contributed by atoms with Crippen molar-refractivity contribution >= 4 is 23.3 Å². The summed E-state index contributed by atoms with van der Waals surface area (Å²) in [6, 6.07) is 4.15. The molecular weight excluding hydrogens is 398 g/mol. The Bertz CT molecular complexity index is 1140. The Morgan fingerprint density at radius 1 is 1.20 bits per heavy atom. The number of ketones is 3. The van der Waals surface area contributed by atoms with Gasteiger partial charge < -0.3 is 30.9 Å². The van der Waals surface area contributed by atoms with Crippen LogP contribution in [0, 0.1) is 17.8 Å². The minimum atomic E-state index is -3.01. The molecule has 1 aromatic rings. The summed E-state index contributed by atoms with van der Waals surface area (Å²) in [5, 5.41) is 43.4. The molecule has 6 N–H and O–H groups in total. The molecule has 6 unspecified atom stereocenters. The quantitative estimate of drug-likeness (QED) is 0.282. The lowest BCUT2D eigenvalue weighted by Crippen LogP contribution is -2.77. The highest BCUT2D eigenvalue weighted by Crippen LogP contribution is 2.64. The van der Waals surface area contributed by atoms with Crippen molar-refractivity contribution in [2.45, 2.75) is 30.3 Å². The molecule has 0 aromatic heterocycles. The number of amides is 1. The topological polar surface area (TPSA) is 184 Å². The first-order valence-electron chi connectivity index (χ1n) is 9.25. The highest BCUT2D eigenvalue weighted by Gasteiger charge is 2.77. The minimum absolute atomic E-state index is 0.171. The van der Waals surface area contributed by atoms with Crippen molar-refractivity contribution in [2.75, 3.05) is 0 Å². The third-order valence-corrected chi connectivity index (χ3v) is 7.10. The van der Waals surface area contributed by atoms with Crippen molar-refractivity contribution in [3.8, 4) is 5.75 Å². The number of aromatic hydroxyl groups is 1. The maximum atomic E-state index is 13.4. The lowest BCUT2D eigenvalue weighted by molar-refractivity contribution is -0.356. The van der Waals surface area contributed by atoms with E-state index in [9.17, 15) is 39.6 Å². The summed E-state index contributed by atoms with van der Waals surface area (Å²) >= 11 is 0. The van der Waals surface area contributed by atoms with E-state index in [-0.39, 0.29) is 17.5 Å². The summed E-state index contributed by atoms with van der Waals surface area (Å²) in [6.07, 6.45) is -0.247. The summed E-state index contributed by atoms with van der Waals surface area (Å²) in [5.41, 5.74) is -0.634. The van der Waals surface area contributed by atoms with Gasteiger partial charge in [-0.1, -0.05) is 12.1 Å². The van der Waals surface area contributed by atoms with Gasteiger partial charge in [-0.25, -0.2) is 0 Å². The molecule has 5 rings (SSSR count). The van der Waals surface area contributed by atoms with E-state index in [4.69, 9.17) is 10.5 Å². The Morgan fingerprint density at radius 3 is 2.50 bits per heavy atom. The molecule has 30 heavy (non-hydrogen) atoms. The van der Waals surface area contributed by atoms with Crippen molar-refractivity contribution in [3.05, 3.63) is 40.7 Å². The number of primary amides is 1. The monoisotopic (exact) mass is 415 g/mol. The van der Waals surface area contributed by atoms with E-state index in [2.05, 4.69) is 0 Å². The van der Waals surface area contributed by atoms with Crippen molar-refractivity contribution in [2.24, 2.45) is 23.5 Å². The fraction of sp³-hybridized carbons (Fsp3) is 0.400. The zero-order chi connectivity index (χ0) is 22.0. The Kier molecular flexibility index (Phi) is 3.25. The number of ether oxygens (including phenoxy) is 1. The summed E-state index contributed by atoms with van der Waals surface area (Å²) in [5.74, 6) is -13.6. The van der Waals surface area contributed by atoms with Gasteiger partial charge in [0.05, 0.1) is 23.0 Å². The predicted molar refractivity (Wildman–Crippen MR) is 94.7 cm³/mol. The number of hydrogen-bond donors (Lipinski definition) is 5. The molecule has 0 radical (unpaired) electrons. The number of nitrogens with two attached hydrogens (primary N) is 1. The predicted octanol–water partition coefficient (Wildman–Crippen LogP) is -1.04. The van der Waals surface area contributed by atoms with E-state index < -0.39 is 75.1 Å². The van der Waals surface area contributed by atoms with Crippen molar-refractivity contribution in [3.63, 3.8) is 0 Å². The average molecular weight is 415 g/mol. The first-order valence-corrected chi connectivity index (χ1v) is 9.25. The fourth-order valence-corrected chi connectivity index (χ4v) is 5.72. The molecule has 1 saturated heterocycles. The summed E-state index contributed by atoms with van der Waals surface area (Å²) in [4.78, 5) is 51.3. The second-order valence-corrected chi connectivity index (χ2v) is 8.39. The molecule has 6 atom stereocenters. The SMILES string of the molecule is CC12OC3(O)C(O)=C(C(N)=O)C(=O)C4(O)C(=O)C(C(=O)c5c(O)cccc51)C2CC34. The number of Topliss-reactive ketones (excluding diaryl/α,β-unsaturated/α-hetero) is 3. The Morgan fingerprint density at radius 2 is 1.87 bits per heavy atom. The Balaban J connectivity index is 1.89. The fourth-order valence-electron chi connectivity index (χ4n) is 5.72. The molecule has 1 amide bonds. The van der Waals surface area contributed by atoms with Gasteiger partial charge in [0.1, 0.15) is 11.3 Å². The number of aliphatic hydroxyl groups excluding tert-OH is 1. The minimum Gasteiger partial charge on any atom is -0.507 e. The van der Waals surface area contributed by atoms with Gasteiger partial charge in [0, 0.05) is 5.92 Å². The molecule has 10 nitrogen and oxygen atoms in total. The van der Waals surface area contributed by atoms with E-state index in [0.717, 1.165) is 0 Å². The molecule has 4 aliphatic rings. The lowest BCUT2D eigenvalue weighted by atomic mass is 9.49. The second-order valence-electron chi connectivity index (χ2n) is 8.39. The van der Waals surface area contributed by atoms with E-state index in [1.807, 2.05) is 0 Å². The number of phenolic OH excluding ortho intramolecular Hbond substituents is 1. The third-order valence-electron chi connectivity index (χ3n) is 7.10. The van der Waals surface area contributed by atoms with E-state index in [1.54, 1.807) is 0 Å². The largest absolute Gasteiger partial charge is 0.507 e. The number of rotatable bonds is 1. The number of carbonyl (C=O) groups is 4. The molecule has 1 saturated carbocycles. The Hall–Kier alpha value is -3.08. The lowest BCUT2D eigenvalue weighted by Gasteiger charge is -2.62. The standard InChI is InChI=1S/C20H17NO9/c1-18-6-3-2-4-8(22)10(6)13(23)11-7(18)5-9-19(28,14(11)24)15(25)12(17(21)27)16(26)20(9,29)30-18/h2-4,7,9,11,22,26,28-29H,5H2,1H3,(H2,21,27). The third kappa shape index (κ3) is 1.72. The van der Waals surface area contributed by atoms with Crippen LogP contribution in [0.5, 0.6) is 5.75 Å². The average Bonchev–Trinajstić information content (AvgIpc) is 2.66. The molecule has 156 valence electrons. The first-order chi connectivity index (χ1) is 13.9. The molecule has 1 aromatic carbocycles. The second kappa shape index (κ2) is 5.15. The molecular formula is C20H17NO9. The van der Waals surface area contributed by atoms with Crippen LogP contribution in [0.2, 0.25) is 0 Å². The maximum absolute atomic E-state index is 13.4. The number of fused-ring (bicyclic) bond motifs is 2. The van der Waals surface area contributed by atoms with Crippen molar-refractivity contribution in [1.29, 1.82) is 0 Å². The van der Waals surface area contributed by atoms with Crippen molar-refractivity contribution in [1.82, 2.24) is 0 Å². The van der Waals surface area contributed by atoms with Crippen LogP contribution in [-0.4, -0.2) is 55.1 Å². The van der Waals surface area contributed by atoms with Crippen LogP contribution in [0.3, 0.4) is 0 Å². The molecule has 10 heteroatoms. The van der Waals surface area contributed by atoms with Crippen LogP contribution in [0.25, 0.3) is 0 Å². The number of aliphatic hydroxyl groups is 3. The van der Waals surface area contributed by atoms with Gasteiger partial charge in [-0.05, 0) is 25.0 Å². The van der Waals surface area contributed by atoms with Crippen LogP contribution in [0.15, 0.2) is 29.5 Å². The normalized spacial score (nSPS) is 41.6. The summed E-state index contributed by atoms with van der Waals surface area (Å²) in [7, 11) is 0. The summed E-state index contributed by atoms with van der Waals surface area (Å²) in [6.45, 7) is 1.47. The number of phenols is 1. The number of hydrogen-bond acceptors (Lipinski definition) is 9. The highest BCUT2D eigenvalue weighted by atomic mass is 16.7. The molecule has 3 aliphatic carbocycles.